The molecule has 0 aliphatic heterocycles. The number of nitrogens with zero attached hydrogens (tertiary/aromatic N) is 3. The number of aromatic nitrogens is 2. The maximum atomic E-state index is 4.60. The van der Waals surface area contributed by atoms with Gasteiger partial charge in [-0.15, -0.1) is 0 Å². The van der Waals surface area contributed by atoms with Gasteiger partial charge in [0.1, 0.15) is 0 Å². The van der Waals surface area contributed by atoms with Crippen molar-refractivity contribution in [2.24, 2.45) is 0 Å². The molecule has 1 aromatic carbocycles. The Labute approximate surface area is 122 Å². The van der Waals surface area contributed by atoms with Crippen LogP contribution in [-0.2, 0) is 6.54 Å². The van der Waals surface area contributed by atoms with Crippen molar-refractivity contribution < 1.29 is 0 Å². The van der Waals surface area contributed by atoms with Gasteiger partial charge in [-0.05, 0) is 27.4 Å². The van der Waals surface area contributed by atoms with Crippen molar-refractivity contribution in [3.63, 3.8) is 0 Å². The van der Waals surface area contributed by atoms with E-state index in [2.05, 4.69) is 66.7 Å². The highest BCUT2D eigenvalue weighted by molar-refractivity contribution is 5.61. The van der Waals surface area contributed by atoms with Crippen LogP contribution in [0.4, 0.5) is 0 Å². The minimum atomic E-state index is 0.566. The van der Waals surface area contributed by atoms with Gasteiger partial charge in [0.2, 0.25) is 0 Å². The van der Waals surface area contributed by atoms with Crippen LogP contribution in [0, 0.1) is 6.92 Å². The molecule has 20 heavy (non-hydrogen) atoms. The summed E-state index contributed by atoms with van der Waals surface area (Å²) in [5, 5.41) is 0. The van der Waals surface area contributed by atoms with E-state index in [0.29, 0.717) is 6.04 Å². The van der Waals surface area contributed by atoms with Gasteiger partial charge in [0, 0.05) is 23.8 Å². The van der Waals surface area contributed by atoms with Crippen molar-refractivity contribution in [3.8, 4) is 11.3 Å². The molecule has 0 aliphatic carbocycles. The van der Waals surface area contributed by atoms with Crippen LogP contribution in [0.1, 0.15) is 25.5 Å². The van der Waals surface area contributed by atoms with Gasteiger partial charge in [0.05, 0.1) is 12.0 Å². The first kappa shape index (κ1) is 14.8. The van der Waals surface area contributed by atoms with E-state index in [0.717, 1.165) is 12.2 Å². The smallest absolute Gasteiger partial charge is 0.0956 e. The van der Waals surface area contributed by atoms with Crippen LogP contribution in [0.3, 0.4) is 0 Å². The van der Waals surface area contributed by atoms with E-state index in [-0.39, 0.29) is 0 Å². The van der Waals surface area contributed by atoms with Crippen molar-refractivity contribution in [1.82, 2.24) is 14.5 Å². The summed E-state index contributed by atoms with van der Waals surface area (Å²) in [6, 6.07) is 11.0. The highest BCUT2D eigenvalue weighted by Gasteiger charge is 2.14. The maximum Gasteiger partial charge on any atom is 0.0956 e. The lowest BCUT2D eigenvalue weighted by Gasteiger charge is -2.24. The average Bonchev–Trinajstić information content (AvgIpc) is 2.80. The molecular formula is C17H25N3. The van der Waals surface area contributed by atoms with E-state index >= 15 is 0 Å². The fraction of sp³-hybridized carbons (Fsp3) is 0.471. The zero-order valence-corrected chi connectivity index (χ0v) is 13.0. The molecular weight excluding hydrogens is 246 g/mol. The standard InChI is InChI=1S/C17H25N3/c1-5-9-16(19(3)4)12-20-13-18-17(14(20)2)15-10-7-6-8-11-15/h6-8,10-11,13,16H,5,9,12H2,1-4H3/t16-/m1/s1. The molecule has 2 rings (SSSR count). The molecule has 0 aliphatic rings. The largest absolute Gasteiger partial charge is 0.333 e. The number of benzene rings is 1. The molecule has 0 N–H and O–H groups in total. The van der Waals surface area contributed by atoms with Gasteiger partial charge in [0.25, 0.3) is 0 Å². The lowest BCUT2D eigenvalue weighted by Crippen LogP contribution is -2.32. The Kier molecular flexibility index (Phi) is 4.96. The number of hydrogen-bond acceptors (Lipinski definition) is 2. The Hall–Kier alpha value is -1.61. The normalized spacial score (nSPS) is 12.8. The van der Waals surface area contributed by atoms with Gasteiger partial charge in [-0.25, -0.2) is 4.98 Å². The second-order valence-corrected chi connectivity index (χ2v) is 5.60. The Morgan fingerprint density at radius 1 is 1.20 bits per heavy atom. The predicted octanol–water partition coefficient (Wildman–Crippen LogP) is 3.59. The van der Waals surface area contributed by atoms with Gasteiger partial charge in [-0.3, -0.25) is 0 Å². The second kappa shape index (κ2) is 6.71. The topological polar surface area (TPSA) is 21.1 Å². The maximum absolute atomic E-state index is 4.60. The summed E-state index contributed by atoms with van der Waals surface area (Å²) in [4.78, 5) is 6.91. The van der Waals surface area contributed by atoms with Crippen molar-refractivity contribution in [2.75, 3.05) is 14.1 Å². The summed E-state index contributed by atoms with van der Waals surface area (Å²) in [5.74, 6) is 0. The van der Waals surface area contributed by atoms with Crippen LogP contribution in [0.15, 0.2) is 36.7 Å². The fourth-order valence-electron chi connectivity index (χ4n) is 2.58. The van der Waals surface area contributed by atoms with Crippen molar-refractivity contribution in [2.45, 2.75) is 39.3 Å². The minimum absolute atomic E-state index is 0.566. The second-order valence-electron chi connectivity index (χ2n) is 5.60. The van der Waals surface area contributed by atoms with Gasteiger partial charge >= 0.3 is 0 Å². The first-order valence-electron chi connectivity index (χ1n) is 7.37. The van der Waals surface area contributed by atoms with E-state index < -0.39 is 0 Å². The summed E-state index contributed by atoms with van der Waals surface area (Å²) < 4.78 is 2.28. The van der Waals surface area contributed by atoms with Crippen LogP contribution in [0.2, 0.25) is 0 Å². The van der Waals surface area contributed by atoms with E-state index in [1.54, 1.807) is 0 Å². The third kappa shape index (κ3) is 3.28. The number of imidazole rings is 1. The Balaban J connectivity index is 2.21. The molecule has 0 saturated carbocycles. The van der Waals surface area contributed by atoms with Gasteiger partial charge in [0.15, 0.2) is 0 Å². The Morgan fingerprint density at radius 3 is 2.50 bits per heavy atom. The molecule has 0 fully saturated rings. The van der Waals surface area contributed by atoms with Crippen molar-refractivity contribution in [3.05, 3.63) is 42.4 Å². The predicted molar refractivity (Wildman–Crippen MR) is 84.8 cm³/mol. The van der Waals surface area contributed by atoms with Crippen molar-refractivity contribution >= 4 is 0 Å². The molecule has 0 radical (unpaired) electrons. The molecule has 0 bridgehead atoms. The lowest BCUT2D eigenvalue weighted by atomic mass is 10.1. The average molecular weight is 271 g/mol. The number of rotatable bonds is 6. The summed E-state index contributed by atoms with van der Waals surface area (Å²) in [7, 11) is 4.31. The molecule has 1 aromatic heterocycles. The third-order valence-corrected chi connectivity index (χ3v) is 3.91. The zero-order chi connectivity index (χ0) is 14.5. The molecule has 3 heteroatoms. The summed E-state index contributed by atoms with van der Waals surface area (Å²) in [6.45, 7) is 5.41. The number of hydrogen-bond donors (Lipinski definition) is 0. The molecule has 0 spiro atoms. The van der Waals surface area contributed by atoms with Crippen LogP contribution >= 0.6 is 0 Å². The molecule has 1 heterocycles. The third-order valence-electron chi connectivity index (χ3n) is 3.91. The summed E-state index contributed by atoms with van der Waals surface area (Å²) in [6.07, 6.45) is 4.40. The van der Waals surface area contributed by atoms with Crippen LogP contribution in [0.5, 0.6) is 0 Å². The van der Waals surface area contributed by atoms with Gasteiger partial charge < -0.3 is 9.47 Å². The molecule has 108 valence electrons. The molecule has 0 unspecified atom stereocenters. The molecule has 0 amide bonds. The van der Waals surface area contributed by atoms with Gasteiger partial charge in [-0.2, -0.15) is 0 Å². The van der Waals surface area contributed by atoms with Crippen LogP contribution < -0.4 is 0 Å². The quantitative estimate of drug-likeness (QED) is 0.800. The first-order valence-corrected chi connectivity index (χ1v) is 7.37. The monoisotopic (exact) mass is 271 g/mol. The highest BCUT2D eigenvalue weighted by Crippen LogP contribution is 2.22. The highest BCUT2D eigenvalue weighted by atomic mass is 15.2. The van der Waals surface area contributed by atoms with Crippen LogP contribution in [-0.4, -0.2) is 34.6 Å². The van der Waals surface area contributed by atoms with Gasteiger partial charge in [-0.1, -0.05) is 43.7 Å². The molecule has 0 saturated heterocycles. The molecule has 3 nitrogen and oxygen atoms in total. The van der Waals surface area contributed by atoms with E-state index in [1.165, 1.54) is 24.1 Å². The summed E-state index contributed by atoms with van der Waals surface area (Å²) in [5.41, 5.74) is 3.54. The Bertz CT molecular complexity index is 528. The minimum Gasteiger partial charge on any atom is -0.333 e. The zero-order valence-electron chi connectivity index (χ0n) is 13.0. The summed E-state index contributed by atoms with van der Waals surface area (Å²) >= 11 is 0. The Morgan fingerprint density at radius 2 is 1.90 bits per heavy atom. The molecule has 1 atom stereocenters. The van der Waals surface area contributed by atoms with E-state index in [9.17, 15) is 0 Å². The number of likely N-dealkylation sites (N-methyl/N-ethyl adjacent to an activating group) is 1. The fourth-order valence-corrected chi connectivity index (χ4v) is 2.58. The lowest BCUT2D eigenvalue weighted by molar-refractivity contribution is 0.247. The van der Waals surface area contributed by atoms with E-state index in [4.69, 9.17) is 0 Å². The molecule has 2 aromatic rings. The van der Waals surface area contributed by atoms with Crippen LogP contribution in [0.25, 0.3) is 11.3 Å². The SMILES string of the molecule is CCC[C@H](Cn1cnc(-c2ccccc2)c1C)N(C)C. The van der Waals surface area contributed by atoms with E-state index in [1.807, 2.05) is 12.4 Å². The van der Waals surface area contributed by atoms with Crippen molar-refractivity contribution in [1.29, 1.82) is 0 Å². The first-order chi connectivity index (χ1) is 9.63.